The van der Waals surface area contributed by atoms with Crippen molar-refractivity contribution in [3.8, 4) is 0 Å². The second kappa shape index (κ2) is 6.31. The molecule has 0 aliphatic carbocycles. The third-order valence-corrected chi connectivity index (χ3v) is 2.78. The molecule has 0 aliphatic heterocycles. The van der Waals surface area contributed by atoms with Crippen LogP contribution in [0.3, 0.4) is 0 Å². The first-order chi connectivity index (χ1) is 9.56. The number of pyridine rings is 2. The maximum absolute atomic E-state index is 11.8. The first kappa shape index (κ1) is 14.2. The van der Waals surface area contributed by atoms with Crippen LogP contribution in [0.4, 0.5) is 0 Å². The van der Waals surface area contributed by atoms with E-state index in [1.165, 1.54) is 30.6 Å². The molecule has 2 aromatic heterocycles. The van der Waals surface area contributed by atoms with Crippen LogP contribution in [-0.2, 0) is 0 Å². The zero-order chi connectivity index (χ0) is 14.5. The van der Waals surface area contributed by atoms with Gasteiger partial charge in [0, 0.05) is 30.7 Å². The van der Waals surface area contributed by atoms with Gasteiger partial charge in [-0.1, -0.05) is 17.7 Å². The number of aliphatic hydroxyl groups is 1. The van der Waals surface area contributed by atoms with Crippen LogP contribution in [0, 0.1) is 0 Å². The maximum Gasteiger partial charge on any atom is 0.253 e. The van der Waals surface area contributed by atoms with E-state index in [0.29, 0.717) is 16.3 Å². The number of halogens is 1. The number of H-pyrrole nitrogens is 1. The molecule has 1 unspecified atom stereocenters. The largest absolute Gasteiger partial charge is 0.385 e. The van der Waals surface area contributed by atoms with E-state index in [0.717, 1.165) is 0 Å². The summed E-state index contributed by atoms with van der Waals surface area (Å²) in [4.78, 5) is 29.2. The van der Waals surface area contributed by atoms with Crippen LogP contribution in [0.25, 0.3) is 0 Å². The smallest absolute Gasteiger partial charge is 0.253 e. The van der Waals surface area contributed by atoms with E-state index in [1.54, 1.807) is 6.07 Å². The fourth-order valence-electron chi connectivity index (χ4n) is 1.60. The highest BCUT2D eigenvalue weighted by Crippen LogP contribution is 2.09. The van der Waals surface area contributed by atoms with Crippen molar-refractivity contribution >= 4 is 17.5 Å². The van der Waals surface area contributed by atoms with Crippen LogP contribution < -0.4 is 10.9 Å². The van der Waals surface area contributed by atoms with E-state index < -0.39 is 12.0 Å². The van der Waals surface area contributed by atoms with Crippen molar-refractivity contribution in [2.75, 3.05) is 6.54 Å². The number of aromatic nitrogens is 2. The number of carbonyl (C=O) groups is 1. The standard InChI is InChI=1S/C13H12ClN3O3/c14-9-4-8(5-15-6-9)13(20)16-7-11(18)10-2-1-3-12(19)17-10/h1-6,11,18H,7H2,(H,16,20)(H,17,19). The van der Waals surface area contributed by atoms with Crippen molar-refractivity contribution in [3.05, 3.63) is 63.3 Å². The average Bonchev–Trinajstić information content (AvgIpc) is 2.44. The molecule has 2 rings (SSSR count). The van der Waals surface area contributed by atoms with E-state index in [-0.39, 0.29) is 12.1 Å². The van der Waals surface area contributed by atoms with Crippen molar-refractivity contribution in [2.45, 2.75) is 6.10 Å². The normalized spacial score (nSPS) is 11.9. The van der Waals surface area contributed by atoms with Gasteiger partial charge in [-0.05, 0) is 12.1 Å². The second-order valence-electron chi connectivity index (χ2n) is 4.09. The van der Waals surface area contributed by atoms with Crippen molar-refractivity contribution < 1.29 is 9.90 Å². The Balaban J connectivity index is 1.98. The van der Waals surface area contributed by atoms with Crippen molar-refractivity contribution in [1.29, 1.82) is 0 Å². The SMILES string of the molecule is O=C(NCC(O)c1cccc(=O)[nH]1)c1cncc(Cl)c1. The van der Waals surface area contributed by atoms with Crippen molar-refractivity contribution in [2.24, 2.45) is 0 Å². The maximum atomic E-state index is 11.8. The van der Waals surface area contributed by atoms with Crippen LogP contribution in [0.2, 0.25) is 5.02 Å². The van der Waals surface area contributed by atoms with Gasteiger partial charge in [-0.2, -0.15) is 0 Å². The van der Waals surface area contributed by atoms with Gasteiger partial charge in [0.2, 0.25) is 5.56 Å². The van der Waals surface area contributed by atoms with E-state index in [1.807, 2.05) is 0 Å². The number of nitrogens with zero attached hydrogens (tertiary/aromatic N) is 1. The topological polar surface area (TPSA) is 95.1 Å². The molecule has 0 spiro atoms. The number of hydrogen-bond acceptors (Lipinski definition) is 4. The van der Waals surface area contributed by atoms with E-state index in [9.17, 15) is 14.7 Å². The summed E-state index contributed by atoms with van der Waals surface area (Å²) in [5, 5.41) is 12.8. The molecule has 2 aromatic rings. The summed E-state index contributed by atoms with van der Waals surface area (Å²) in [5.74, 6) is -0.405. The Bertz CT molecular complexity index is 672. The summed E-state index contributed by atoms with van der Waals surface area (Å²) in [6.45, 7) is -0.0364. The lowest BCUT2D eigenvalue weighted by molar-refractivity contribution is 0.0913. The molecule has 0 fully saturated rings. The lowest BCUT2D eigenvalue weighted by Crippen LogP contribution is -2.29. The fourth-order valence-corrected chi connectivity index (χ4v) is 1.77. The van der Waals surface area contributed by atoms with Crippen molar-refractivity contribution in [1.82, 2.24) is 15.3 Å². The Morgan fingerprint density at radius 1 is 1.45 bits per heavy atom. The first-order valence-electron chi connectivity index (χ1n) is 5.82. The third-order valence-electron chi connectivity index (χ3n) is 2.57. The number of rotatable bonds is 4. The van der Waals surface area contributed by atoms with Crippen LogP contribution in [0.1, 0.15) is 22.2 Å². The van der Waals surface area contributed by atoms with Gasteiger partial charge in [0.15, 0.2) is 0 Å². The molecule has 0 aromatic carbocycles. The van der Waals surface area contributed by atoms with Gasteiger partial charge in [0.1, 0.15) is 6.10 Å². The van der Waals surface area contributed by atoms with Gasteiger partial charge in [-0.3, -0.25) is 14.6 Å². The van der Waals surface area contributed by atoms with Crippen molar-refractivity contribution in [3.63, 3.8) is 0 Å². The van der Waals surface area contributed by atoms with Gasteiger partial charge < -0.3 is 15.4 Å². The van der Waals surface area contributed by atoms with E-state index >= 15 is 0 Å². The molecule has 6 nitrogen and oxygen atoms in total. The molecule has 0 saturated carbocycles. The number of aliphatic hydroxyl groups excluding tert-OH is 1. The molecule has 0 bridgehead atoms. The average molecular weight is 294 g/mol. The number of amides is 1. The quantitative estimate of drug-likeness (QED) is 0.780. The lowest BCUT2D eigenvalue weighted by Gasteiger charge is -2.11. The number of nitrogens with one attached hydrogen (secondary N) is 2. The van der Waals surface area contributed by atoms with Crippen LogP contribution >= 0.6 is 11.6 Å². The predicted octanol–water partition coefficient (Wildman–Crippen LogP) is 0.887. The highest BCUT2D eigenvalue weighted by atomic mass is 35.5. The monoisotopic (exact) mass is 293 g/mol. The summed E-state index contributed by atoms with van der Waals surface area (Å²) >= 11 is 5.73. The zero-order valence-electron chi connectivity index (χ0n) is 10.3. The minimum absolute atomic E-state index is 0.0364. The molecule has 20 heavy (non-hydrogen) atoms. The van der Waals surface area contributed by atoms with Gasteiger partial charge in [0.05, 0.1) is 10.6 Å². The highest BCUT2D eigenvalue weighted by molar-refractivity contribution is 6.30. The van der Waals surface area contributed by atoms with Gasteiger partial charge in [-0.25, -0.2) is 0 Å². The second-order valence-corrected chi connectivity index (χ2v) is 4.52. The number of hydrogen-bond donors (Lipinski definition) is 3. The van der Waals surface area contributed by atoms with E-state index in [4.69, 9.17) is 11.6 Å². The van der Waals surface area contributed by atoms with Gasteiger partial charge in [-0.15, -0.1) is 0 Å². The molecular weight excluding hydrogens is 282 g/mol. The highest BCUT2D eigenvalue weighted by Gasteiger charge is 2.12. The predicted molar refractivity (Wildman–Crippen MR) is 73.6 cm³/mol. The summed E-state index contributed by atoms with van der Waals surface area (Å²) in [7, 11) is 0. The Kier molecular flexibility index (Phi) is 4.49. The summed E-state index contributed by atoms with van der Waals surface area (Å²) in [5.41, 5.74) is 0.320. The Morgan fingerprint density at radius 3 is 2.95 bits per heavy atom. The molecule has 2 heterocycles. The Morgan fingerprint density at radius 2 is 2.25 bits per heavy atom. The number of carbonyl (C=O) groups excluding carboxylic acids is 1. The summed E-state index contributed by atoms with van der Waals surface area (Å²) < 4.78 is 0. The molecular formula is C13H12ClN3O3. The van der Waals surface area contributed by atoms with Gasteiger partial charge >= 0.3 is 0 Å². The molecule has 104 valence electrons. The molecule has 1 amide bonds. The molecule has 7 heteroatoms. The molecule has 0 aliphatic rings. The van der Waals surface area contributed by atoms with Crippen LogP contribution in [0.15, 0.2) is 41.5 Å². The first-order valence-corrected chi connectivity index (χ1v) is 6.20. The Hall–Kier alpha value is -2.18. The molecule has 3 N–H and O–H groups in total. The minimum Gasteiger partial charge on any atom is -0.385 e. The molecule has 0 saturated heterocycles. The third kappa shape index (κ3) is 3.66. The van der Waals surface area contributed by atoms with E-state index in [2.05, 4.69) is 15.3 Å². The Labute approximate surface area is 119 Å². The van der Waals surface area contributed by atoms with Gasteiger partial charge in [0.25, 0.3) is 5.91 Å². The molecule has 0 radical (unpaired) electrons. The molecule has 1 atom stereocenters. The zero-order valence-corrected chi connectivity index (χ0v) is 11.1. The summed E-state index contributed by atoms with van der Waals surface area (Å²) in [6, 6.07) is 5.91. The minimum atomic E-state index is -1.00. The lowest BCUT2D eigenvalue weighted by atomic mass is 10.2. The van der Waals surface area contributed by atoms with Crippen LogP contribution in [0.5, 0.6) is 0 Å². The summed E-state index contributed by atoms with van der Waals surface area (Å²) in [6.07, 6.45) is 1.79. The fraction of sp³-hybridized carbons (Fsp3) is 0.154. The van der Waals surface area contributed by atoms with Crippen LogP contribution in [-0.4, -0.2) is 27.5 Å². The number of aromatic amines is 1.